The molecule has 0 saturated heterocycles. The summed E-state index contributed by atoms with van der Waals surface area (Å²) in [5, 5.41) is 3.32. The molecule has 0 radical (unpaired) electrons. The molecular weight excluding hydrogens is 170 g/mol. The maximum Gasteiger partial charge on any atom is 0.0944 e. The Bertz CT molecular complexity index is 383. The summed E-state index contributed by atoms with van der Waals surface area (Å²) in [4.78, 5) is 4.60. The summed E-state index contributed by atoms with van der Waals surface area (Å²) in [7, 11) is 0. The summed E-state index contributed by atoms with van der Waals surface area (Å²) in [6.45, 7) is 0.490. The van der Waals surface area contributed by atoms with E-state index in [-0.39, 0.29) is 0 Å². The molecule has 0 unspecified atom stereocenters. The Hall–Kier alpha value is -0.900. The lowest BCUT2D eigenvalue weighted by Gasteiger charge is -1.94. The van der Waals surface area contributed by atoms with Gasteiger partial charge in [-0.1, -0.05) is 18.2 Å². The molecular formula is C9H9NOS. The smallest absolute Gasteiger partial charge is 0.0944 e. The first-order valence-corrected chi connectivity index (χ1v) is 4.56. The third-order valence-corrected chi connectivity index (χ3v) is 2.81. The Morgan fingerprint density at radius 1 is 1.33 bits per heavy atom. The Balaban J connectivity index is 2.55. The Morgan fingerprint density at radius 2 is 2.17 bits per heavy atom. The van der Waals surface area contributed by atoms with Crippen LogP contribution in [0.3, 0.4) is 0 Å². The van der Waals surface area contributed by atoms with Crippen LogP contribution >= 0.6 is 11.3 Å². The zero-order valence-corrected chi connectivity index (χ0v) is 7.30. The second-order valence-corrected chi connectivity index (χ2v) is 3.48. The highest BCUT2D eigenvalue weighted by atomic mass is 32.1. The molecule has 0 spiro atoms. The molecule has 12 heavy (non-hydrogen) atoms. The third-order valence-electron chi connectivity index (χ3n) is 1.80. The summed E-state index contributed by atoms with van der Waals surface area (Å²) in [5.74, 6) is 5.02. The van der Waals surface area contributed by atoms with E-state index in [1.165, 1.54) is 10.1 Å². The normalized spacial score (nSPS) is 10.8. The van der Waals surface area contributed by atoms with Gasteiger partial charge in [-0.05, 0) is 22.4 Å². The van der Waals surface area contributed by atoms with E-state index >= 15 is 0 Å². The molecule has 0 saturated carbocycles. The molecule has 1 aromatic carbocycles. The van der Waals surface area contributed by atoms with Crippen LogP contribution in [0.1, 0.15) is 5.56 Å². The second kappa shape index (κ2) is 3.23. The summed E-state index contributed by atoms with van der Waals surface area (Å²) in [6.07, 6.45) is 0. The highest BCUT2D eigenvalue weighted by Crippen LogP contribution is 2.25. The fourth-order valence-electron chi connectivity index (χ4n) is 1.23. The zero-order valence-electron chi connectivity index (χ0n) is 6.49. The van der Waals surface area contributed by atoms with Gasteiger partial charge < -0.3 is 0 Å². The lowest BCUT2D eigenvalue weighted by Crippen LogP contribution is -1.97. The van der Waals surface area contributed by atoms with Crippen LogP contribution in [-0.2, 0) is 11.4 Å². The number of hydrogen-bond donors (Lipinski definition) is 1. The molecule has 0 aliphatic heterocycles. The van der Waals surface area contributed by atoms with Crippen molar-refractivity contribution in [2.24, 2.45) is 5.90 Å². The second-order valence-electron chi connectivity index (χ2n) is 2.57. The van der Waals surface area contributed by atoms with Crippen LogP contribution in [0.25, 0.3) is 10.1 Å². The van der Waals surface area contributed by atoms with Gasteiger partial charge in [-0.3, -0.25) is 4.84 Å². The zero-order chi connectivity index (χ0) is 8.39. The van der Waals surface area contributed by atoms with Crippen molar-refractivity contribution in [3.05, 3.63) is 35.2 Å². The Labute approximate surface area is 74.5 Å². The third kappa shape index (κ3) is 1.22. The quantitative estimate of drug-likeness (QED) is 0.718. The van der Waals surface area contributed by atoms with Gasteiger partial charge in [0, 0.05) is 4.70 Å². The van der Waals surface area contributed by atoms with Crippen molar-refractivity contribution in [3.8, 4) is 0 Å². The lowest BCUT2D eigenvalue weighted by atomic mass is 10.2. The van der Waals surface area contributed by atoms with Gasteiger partial charge in [0.25, 0.3) is 0 Å². The molecule has 0 aliphatic carbocycles. The van der Waals surface area contributed by atoms with Crippen molar-refractivity contribution in [3.63, 3.8) is 0 Å². The summed E-state index contributed by atoms with van der Waals surface area (Å²) in [6, 6.07) is 8.24. The van der Waals surface area contributed by atoms with E-state index in [0.29, 0.717) is 6.61 Å². The summed E-state index contributed by atoms with van der Waals surface area (Å²) in [5.41, 5.74) is 1.16. The Kier molecular flexibility index (Phi) is 2.08. The highest BCUT2D eigenvalue weighted by Gasteiger charge is 2.01. The molecule has 0 atom stereocenters. The maximum absolute atomic E-state index is 5.02. The number of hydrogen-bond acceptors (Lipinski definition) is 3. The first-order chi connectivity index (χ1) is 5.92. The van der Waals surface area contributed by atoms with Gasteiger partial charge in [0.2, 0.25) is 0 Å². The van der Waals surface area contributed by atoms with Crippen molar-refractivity contribution < 1.29 is 4.84 Å². The fourth-order valence-corrected chi connectivity index (χ4v) is 2.18. The van der Waals surface area contributed by atoms with Gasteiger partial charge in [0.15, 0.2) is 0 Å². The predicted octanol–water partition coefficient (Wildman–Crippen LogP) is 2.29. The van der Waals surface area contributed by atoms with E-state index in [9.17, 15) is 0 Å². The van der Waals surface area contributed by atoms with Gasteiger partial charge in [-0.25, -0.2) is 5.90 Å². The van der Waals surface area contributed by atoms with Gasteiger partial charge in [0.05, 0.1) is 6.61 Å². The lowest BCUT2D eigenvalue weighted by molar-refractivity contribution is 0.125. The molecule has 62 valence electrons. The standard InChI is InChI=1S/C9H9NOS/c10-11-5-7-6-12-9-4-2-1-3-8(7)9/h1-4,6H,5,10H2. The van der Waals surface area contributed by atoms with Crippen LogP contribution in [0.5, 0.6) is 0 Å². The van der Waals surface area contributed by atoms with E-state index < -0.39 is 0 Å². The van der Waals surface area contributed by atoms with Crippen molar-refractivity contribution in [2.45, 2.75) is 6.61 Å². The fraction of sp³-hybridized carbons (Fsp3) is 0.111. The van der Waals surface area contributed by atoms with Gasteiger partial charge in [-0.15, -0.1) is 11.3 Å². The summed E-state index contributed by atoms with van der Waals surface area (Å²) < 4.78 is 1.28. The molecule has 1 aromatic heterocycles. The van der Waals surface area contributed by atoms with E-state index in [2.05, 4.69) is 22.4 Å². The number of thiophene rings is 1. The van der Waals surface area contributed by atoms with Crippen LogP contribution < -0.4 is 5.90 Å². The van der Waals surface area contributed by atoms with E-state index in [0.717, 1.165) is 5.56 Å². The predicted molar refractivity (Wildman–Crippen MR) is 50.8 cm³/mol. The average Bonchev–Trinajstić information content (AvgIpc) is 2.50. The van der Waals surface area contributed by atoms with Crippen LogP contribution in [0.15, 0.2) is 29.6 Å². The Morgan fingerprint density at radius 3 is 3.00 bits per heavy atom. The molecule has 2 rings (SSSR count). The number of fused-ring (bicyclic) bond motifs is 1. The summed E-state index contributed by atoms with van der Waals surface area (Å²) >= 11 is 1.72. The number of rotatable bonds is 2. The molecule has 2 aromatic rings. The molecule has 3 heteroatoms. The van der Waals surface area contributed by atoms with Crippen LogP contribution in [0.4, 0.5) is 0 Å². The van der Waals surface area contributed by atoms with E-state index in [4.69, 9.17) is 5.90 Å². The van der Waals surface area contributed by atoms with E-state index in [1.807, 2.05) is 12.1 Å². The van der Waals surface area contributed by atoms with Crippen molar-refractivity contribution in [1.29, 1.82) is 0 Å². The average molecular weight is 179 g/mol. The molecule has 2 nitrogen and oxygen atoms in total. The van der Waals surface area contributed by atoms with Crippen LogP contribution in [0, 0.1) is 0 Å². The van der Waals surface area contributed by atoms with Crippen molar-refractivity contribution in [1.82, 2.24) is 0 Å². The minimum atomic E-state index is 0.490. The molecule has 0 amide bonds. The minimum Gasteiger partial charge on any atom is -0.300 e. The van der Waals surface area contributed by atoms with Crippen molar-refractivity contribution >= 4 is 21.4 Å². The molecule has 0 bridgehead atoms. The van der Waals surface area contributed by atoms with Crippen LogP contribution in [-0.4, -0.2) is 0 Å². The minimum absolute atomic E-state index is 0.490. The topological polar surface area (TPSA) is 35.2 Å². The highest BCUT2D eigenvalue weighted by molar-refractivity contribution is 7.17. The monoisotopic (exact) mass is 179 g/mol. The van der Waals surface area contributed by atoms with Crippen molar-refractivity contribution in [2.75, 3.05) is 0 Å². The van der Waals surface area contributed by atoms with Gasteiger partial charge in [-0.2, -0.15) is 0 Å². The first-order valence-electron chi connectivity index (χ1n) is 3.68. The maximum atomic E-state index is 5.02. The van der Waals surface area contributed by atoms with Gasteiger partial charge >= 0.3 is 0 Å². The van der Waals surface area contributed by atoms with E-state index in [1.54, 1.807) is 11.3 Å². The largest absolute Gasteiger partial charge is 0.300 e. The SMILES string of the molecule is NOCc1csc2ccccc12. The number of nitrogens with two attached hydrogens (primary N) is 1. The number of benzene rings is 1. The van der Waals surface area contributed by atoms with Crippen LogP contribution in [0.2, 0.25) is 0 Å². The van der Waals surface area contributed by atoms with Gasteiger partial charge in [0.1, 0.15) is 0 Å². The molecule has 0 fully saturated rings. The molecule has 2 N–H and O–H groups in total. The molecule has 1 heterocycles. The molecule has 0 aliphatic rings. The first kappa shape index (κ1) is 7.73.